The fraction of sp³-hybridized carbons (Fsp3) is 0.571. The van der Waals surface area contributed by atoms with Gasteiger partial charge in [0.2, 0.25) is 0 Å². The number of nitrogens with zero attached hydrogens (tertiary/aromatic N) is 5. The highest BCUT2D eigenvalue weighted by atomic mass is 16.5. The summed E-state index contributed by atoms with van der Waals surface area (Å²) in [5.74, 6) is 0.517. The van der Waals surface area contributed by atoms with Crippen molar-refractivity contribution in [3.63, 3.8) is 0 Å². The predicted molar refractivity (Wildman–Crippen MR) is 137 cm³/mol. The number of carbonyl (C=O) groups excluding carboxylic acids is 2. The Balaban J connectivity index is 1.19. The Kier molecular flexibility index (Phi) is 7.92. The quantitative estimate of drug-likeness (QED) is 0.639. The van der Waals surface area contributed by atoms with E-state index in [-0.39, 0.29) is 17.9 Å². The van der Waals surface area contributed by atoms with E-state index in [2.05, 4.69) is 31.9 Å². The molecule has 0 radical (unpaired) electrons. The molecule has 192 valence electrons. The fourth-order valence-electron chi connectivity index (χ4n) is 5.79. The second-order valence-electron chi connectivity index (χ2n) is 10.3. The summed E-state index contributed by atoms with van der Waals surface area (Å²) < 4.78 is 5.44. The van der Waals surface area contributed by atoms with Crippen LogP contribution in [0.3, 0.4) is 0 Å². The van der Waals surface area contributed by atoms with Gasteiger partial charge >= 0.3 is 0 Å². The second kappa shape index (κ2) is 11.5. The summed E-state index contributed by atoms with van der Waals surface area (Å²) >= 11 is 0. The molecule has 2 amide bonds. The number of likely N-dealkylation sites (tertiary alicyclic amines) is 2. The van der Waals surface area contributed by atoms with Gasteiger partial charge in [0, 0.05) is 57.1 Å². The molecule has 36 heavy (non-hydrogen) atoms. The van der Waals surface area contributed by atoms with Crippen molar-refractivity contribution in [2.45, 2.75) is 51.6 Å². The molecule has 1 atom stereocenters. The predicted octanol–water partition coefficient (Wildman–Crippen LogP) is 3.16. The molecule has 3 saturated heterocycles. The summed E-state index contributed by atoms with van der Waals surface area (Å²) in [6.07, 6.45) is 8.29. The van der Waals surface area contributed by atoms with Crippen LogP contribution < -0.4 is 0 Å². The number of hydrogen-bond donors (Lipinski definition) is 0. The molecule has 0 N–H and O–H groups in total. The highest BCUT2D eigenvalue weighted by Gasteiger charge is 2.36. The van der Waals surface area contributed by atoms with Crippen LogP contribution in [-0.4, -0.2) is 88.5 Å². The topological polar surface area (TPSA) is 78.9 Å². The van der Waals surface area contributed by atoms with E-state index in [0.29, 0.717) is 24.7 Å². The van der Waals surface area contributed by atoms with E-state index in [0.717, 1.165) is 82.8 Å². The summed E-state index contributed by atoms with van der Waals surface area (Å²) in [7, 11) is 0. The van der Waals surface area contributed by atoms with Crippen LogP contribution in [-0.2, 0) is 11.3 Å². The van der Waals surface area contributed by atoms with Gasteiger partial charge in [-0.1, -0.05) is 12.1 Å². The van der Waals surface area contributed by atoms with Crippen LogP contribution in [0.15, 0.2) is 36.7 Å². The second-order valence-corrected chi connectivity index (χ2v) is 10.3. The molecule has 1 aromatic heterocycles. The Morgan fingerprint density at radius 1 is 0.889 bits per heavy atom. The average molecular weight is 492 g/mol. The molecule has 5 rings (SSSR count). The molecule has 4 heterocycles. The molecule has 3 fully saturated rings. The van der Waals surface area contributed by atoms with Gasteiger partial charge in [0.05, 0.1) is 25.1 Å². The Hall–Kier alpha value is -2.84. The first-order chi connectivity index (χ1) is 17.6. The number of aromatic nitrogens is 2. The third kappa shape index (κ3) is 5.76. The minimum absolute atomic E-state index is 0.0466. The van der Waals surface area contributed by atoms with Gasteiger partial charge in [-0.3, -0.25) is 19.5 Å². The fourth-order valence-corrected chi connectivity index (χ4v) is 5.79. The van der Waals surface area contributed by atoms with Crippen molar-refractivity contribution in [2.75, 3.05) is 45.9 Å². The van der Waals surface area contributed by atoms with Crippen molar-refractivity contribution in [1.82, 2.24) is 24.7 Å². The van der Waals surface area contributed by atoms with Gasteiger partial charge in [0.15, 0.2) is 0 Å². The standard InChI is InChI=1S/C28H37N5O3/c1-21-18-30-25(19-29-21)28(35)32-12-9-23(10-13-32)26-4-2-3-11-33(26)27(34)24-7-5-22(6-8-24)20-31-14-16-36-17-15-31/h5-8,18-19,23,26H,2-4,9-17,20H2,1H3/t26-/m1/s1. The molecule has 3 aliphatic heterocycles. The van der Waals surface area contributed by atoms with E-state index >= 15 is 0 Å². The van der Waals surface area contributed by atoms with E-state index in [1.54, 1.807) is 12.4 Å². The SMILES string of the molecule is Cc1cnc(C(=O)N2CCC([C@H]3CCCCN3C(=O)c3ccc(CN4CCOCC4)cc3)CC2)cn1. The highest BCUT2D eigenvalue weighted by Crippen LogP contribution is 2.32. The summed E-state index contributed by atoms with van der Waals surface area (Å²) in [6.45, 7) is 8.48. The number of aryl methyl sites for hydroxylation is 1. The average Bonchev–Trinajstić information content (AvgIpc) is 2.94. The van der Waals surface area contributed by atoms with Crippen molar-refractivity contribution in [1.29, 1.82) is 0 Å². The zero-order chi connectivity index (χ0) is 24.9. The molecule has 1 aromatic carbocycles. The van der Waals surface area contributed by atoms with E-state index in [1.807, 2.05) is 24.0 Å². The van der Waals surface area contributed by atoms with Gasteiger partial charge in [-0.05, 0) is 62.6 Å². The molecule has 2 aromatic rings. The Labute approximate surface area is 213 Å². The van der Waals surface area contributed by atoms with E-state index in [1.165, 1.54) is 5.56 Å². The van der Waals surface area contributed by atoms with Gasteiger partial charge in [-0.25, -0.2) is 4.98 Å². The number of rotatable bonds is 5. The number of piperidine rings is 2. The first-order valence-electron chi connectivity index (χ1n) is 13.4. The van der Waals surface area contributed by atoms with Crippen molar-refractivity contribution < 1.29 is 14.3 Å². The first kappa shape index (κ1) is 24.8. The van der Waals surface area contributed by atoms with Crippen LogP contribution in [0.2, 0.25) is 0 Å². The molecule has 0 unspecified atom stereocenters. The molecule has 8 nitrogen and oxygen atoms in total. The van der Waals surface area contributed by atoms with Crippen LogP contribution in [0.5, 0.6) is 0 Å². The van der Waals surface area contributed by atoms with E-state index in [9.17, 15) is 9.59 Å². The van der Waals surface area contributed by atoms with Gasteiger partial charge in [-0.15, -0.1) is 0 Å². The van der Waals surface area contributed by atoms with Crippen molar-refractivity contribution in [2.24, 2.45) is 5.92 Å². The maximum absolute atomic E-state index is 13.6. The monoisotopic (exact) mass is 491 g/mol. The van der Waals surface area contributed by atoms with Crippen LogP contribution in [0.1, 0.15) is 64.2 Å². The summed E-state index contributed by atoms with van der Waals surface area (Å²) in [4.78, 5) is 41.3. The van der Waals surface area contributed by atoms with Gasteiger partial charge in [-0.2, -0.15) is 0 Å². The summed E-state index contributed by atoms with van der Waals surface area (Å²) in [5.41, 5.74) is 3.22. The van der Waals surface area contributed by atoms with Crippen LogP contribution in [0, 0.1) is 12.8 Å². The van der Waals surface area contributed by atoms with Crippen LogP contribution in [0.4, 0.5) is 0 Å². The minimum atomic E-state index is -0.0466. The number of amides is 2. The van der Waals surface area contributed by atoms with Crippen molar-refractivity contribution in [3.8, 4) is 0 Å². The summed E-state index contributed by atoms with van der Waals surface area (Å²) in [6, 6.07) is 8.43. The first-order valence-corrected chi connectivity index (χ1v) is 13.4. The molecular weight excluding hydrogens is 454 g/mol. The molecule has 0 spiro atoms. The number of carbonyl (C=O) groups is 2. The lowest BCUT2D eigenvalue weighted by molar-refractivity contribution is 0.0341. The minimum Gasteiger partial charge on any atom is -0.379 e. The third-order valence-corrected chi connectivity index (χ3v) is 7.89. The Morgan fingerprint density at radius 3 is 2.33 bits per heavy atom. The zero-order valence-electron chi connectivity index (χ0n) is 21.3. The number of benzene rings is 1. The van der Waals surface area contributed by atoms with Gasteiger partial charge in [0.25, 0.3) is 11.8 Å². The Morgan fingerprint density at radius 2 is 1.64 bits per heavy atom. The molecule has 8 heteroatoms. The van der Waals surface area contributed by atoms with Crippen molar-refractivity contribution >= 4 is 11.8 Å². The largest absolute Gasteiger partial charge is 0.379 e. The molecular formula is C28H37N5O3. The van der Waals surface area contributed by atoms with E-state index < -0.39 is 0 Å². The maximum Gasteiger partial charge on any atom is 0.274 e. The van der Waals surface area contributed by atoms with Crippen LogP contribution in [0.25, 0.3) is 0 Å². The zero-order valence-corrected chi connectivity index (χ0v) is 21.3. The number of morpholine rings is 1. The summed E-state index contributed by atoms with van der Waals surface area (Å²) in [5, 5.41) is 0. The highest BCUT2D eigenvalue weighted by molar-refractivity contribution is 5.94. The van der Waals surface area contributed by atoms with Crippen LogP contribution >= 0.6 is 0 Å². The lowest BCUT2D eigenvalue weighted by Gasteiger charge is -2.43. The number of hydrogen-bond acceptors (Lipinski definition) is 6. The molecule has 0 aliphatic carbocycles. The van der Waals surface area contributed by atoms with Gasteiger partial charge in [0.1, 0.15) is 5.69 Å². The normalized spacial score (nSPS) is 22.0. The maximum atomic E-state index is 13.6. The molecule has 0 saturated carbocycles. The lowest BCUT2D eigenvalue weighted by atomic mass is 9.83. The molecule has 3 aliphatic rings. The lowest BCUT2D eigenvalue weighted by Crippen LogP contribution is -2.51. The smallest absolute Gasteiger partial charge is 0.274 e. The molecule has 0 bridgehead atoms. The van der Waals surface area contributed by atoms with Crippen molar-refractivity contribution in [3.05, 3.63) is 59.2 Å². The number of ether oxygens (including phenoxy) is 1. The Bertz CT molecular complexity index is 1030. The third-order valence-electron chi connectivity index (χ3n) is 7.89. The van der Waals surface area contributed by atoms with Gasteiger partial charge < -0.3 is 14.5 Å². The van der Waals surface area contributed by atoms with E-state index in [4.69, 9.17) is 4.74 Å².